The number of benzene rings is 4. The van der Waals surface area contributed by atoms with Crippen LogP contribution in [-0.2, 0) is 9.59 Å². The Morgan fingerprint density at radius 3 is 1.98 bits per heavy atom. The maximum atomic E-state index is 13.9. The fraction of sp³-hybridized carbons (Fsp3) is 0.0294. The molecule has 0 radical (unpaired) electrons. The van der Waals surface area contributed by atoms with E-state index in [4.69, 9.17) is 12.2 Å². The van der Waals surface area contributed by atoms with Crippen LogP contribution in [0, 0.1) is 17.0 Å². The molecule has 6 rings (SSSR count). The van der Waals surface area contributed by atoms with Crippen molar-refractivity contribution in [2.75, 3.05) is 4.90 Å². The number of rotatable bonds is 6. The van der Waals surface area contributed by atoms with Crippen molar-refractivity contribution in [1.29, 1.82) is 0 Å². The third-order valence-corrected chi connectivity index (χ3v) is 7.44. The highest BCUT2D eigenvalue weighted by Crippen LogP contribution is 2.38. The fourth-order valence-electron chi connectivity index (χ4n) is 5.09. The SMILES string of the molecule is Cc1ccc(N2C(=O)/C(=C\c3cc(-c4ccccc4)n(-c4ccc([N+](=O)[O-])cc4)c3-c3ccccc3)C(=O)NC2=S)cc1. The molecule has 0 atom stereocenters. The maximum absolute atomic E-state index is 13.9. The molecule has 2 heterocycles. The number of nitro groups is 1. The molecule has 1 N–H and O–H groups in total. The molecular formula is C34H24N4O4S. The molecule has 2 amide bonds. The number of nitro benzene ring substituents is 1. The molecule has 0 saturated carbocycles. The summed E-state index contributed by atoms with van der Waals surface area (Å²) in [5, 5.41) is 14.1. The van der Waals surface area contributed by atoms with E-state index in [1.165, 1.54) is 17.0 Å². The number of non-ortho nitro benzene ring substituents is 1. The largest absolute Gasteiger partial charge is 0.309 e. The van der Waals surface area contributed by atoms with Crippen molar-refractivity contribution in [3.05, 3.63) is 142 Å². The monoisotopic (exact) mass is 584 g/mol. The van der Waals surface area contributed by atoms with Crippen molar-refractivity contribution in [3.63, 3.8) is 0 Å². The van der Waals surface area contributed by atoms with Crippen LogP contribution in [-0.4, -0.2) is 26.4 Å². The summed E-state index contributed by atoms with van der Waals surface area (Å²) in [6, 6.07) is 34.7. The van der Waals surface area contributed by atoms with E-state index in [1.807, 2.05) is 90.4 Å². The minimum atomic E-state index is -0.596. The quantitative estimate of drug-likeness (QED) is 0.0773. The van der Waals surface area contributed by atoms with Gasteiger partial charge in [0.25, 0.3) is 17.5 Å². The molecule has 43 heavy (non-hydrogen) atoms. The summed E-state index contributed by atoms with van der Waals surface area (Å²) >= 11 is 5.39. The Morgan fingerprint density at radius 2 is 1.37 bits per heavy atom. The Balaban J connectivity index is 1.59. The number of carbonyl (C=O) groups is 2. The minimum absolute atomic E-state index is 0.00714. The van der Waals surface area contributed by atoms with Crippen molar-refractivity contribution in [1.82, 2.24) is 9.88 Å². The molecule has 8 nitrogen and oxygen atoms in total. The number of thiocarbonyl (C=S) groups is 1. The maximum Gasteiger partial charge on any atom is 0.270 e. The van der Waals surface area contributed by atoms with Crippen molar-refractivity contribution in [2.45, 2.75) is 6.92 Å². The summed E-state index contributed by atoms with van der Waals surface area (Å²) < 4.78 is 1.98. The zero-order chi connectivity index (χ0) is 30.1. The van der Waals surface area contributed by atoms with Crippen LogP contribution in [0.5, 0.6) is 0 Å². The number of nitrogens with one attached hydrogen (secondary N) is 1. The van der Waals surface area contributed by atoms with Crippen LogP contribution in [0.15, 0.2) is 121 Å². The van der Waals surface area contributed by atoms with Gasteiger partial charge in [-0.05, 0) is 66.7 Å². The van der Waals surface area contributed by atoms with Gasteiger partial charge in [-0.15, -0.1) is 0 Å². The summed E-state index contributed by atoms with van der Waals surface area (Å²) in [6.07, 6.45) is 1.58. The van der Waals surface area contributed by atoms with Gasteiger partial charge in [-0.25, -0.2) is 0 Å². The average Bonchev–Trinajstić information content (AvgIpc) is 3.40. The van der Waals surface area contributed by atoms with Crippen molar-refractivity contribution in [2.24, 2.45) is 0 Å². The molecular weight excluding hydrogens is 560 g/mol. The van der Waals surface area contributed by atoms with Crippen LogP contribution in [0.4, 0.5) is 11.4 Å². The van der Waals surface area contributed by atoms with Gasteiger partial charge in [-0.3, -0.25) is 29.9 Å². The zero-order valence-corrected chi connectivity index (χ0v) is 23.7. The van der Waals surface area contributed by atoms with Gasteiger partial charge in [-0.2, -0.15) is 0 Å². The Bertz CT molecular complexity index is 1910. The van der Waals surface area contributed by atoms with Crippen LogP contribution in [0.2, 0.25) is 0 Å². The number of hydrogen-bond donors (Lipinski definition) is 1. The normalized spacial score (nSPS) is 14.2. The van der Waals surface area contributed by atoms with E-state index in [2.05, 4.69) is 5.32 Å². The number of aryl methyl sites for hydroxylation is 1. The average molecular weight is 585 g/mol. The van der Waals surface area contributed by atoms with E-state index in [0.717, 1.165) is 22.4 Å². The predicted molar refractivity (Wildman–Crippen MR) is 171 cm³/mol. The van der Waals surface area contributed by atoms with Crippen molar-refractivity contribution < 1.29 is 14.5 Å². The summed E-state index contributed by atoms with van der Waals surface area (Å²) in [5.41, 5.74) is 5.92. The summed E-state index contributed by atoms with van der Waals surface area (Å²) in [7, 11) is 0. The molecule has 0 aliphatic carbocycles. The van der Waals surface area contributed by atoms with E-state index in [0.29, 0.717) is 22.6 Å². The van der Waals surface area contributed by atoms with Gasteiger partial charge in [0.05, 0.1) is 22.0 Å². The molecule has 1 aromatic heterocycles. The van der Waals surface area contributed by atoms with E-state index in [-0.39, 0.29) is 16.4 Å². The Hall–Kier alpha value is -5.67. The Kier molecular flexibility index (Phi) is 7.23. The molecule has 1 saturated heterocycles. The lowest BCUT2D eigenvalue weighted by molar-refractivity contribution is -0.384. The fourth-order valence-corrected chi connectivity index (χ4v) is 5.37. The van der Waals surface area contributed by atoms with Gasteiger partial charge in [0.2, 0.25) is 0 Å². The first-order valence-corrected chi connectivity index (χ1v) is 13.8. The second kappa shape index (κ2) is 11.3. The van der Waals surface area contributed by atoms with E-state index < -0.39 is 16.7 Å². The van der Waals surface area contributed by atoms with E-state index in [1.54, 1.807) is 30.3 Å². The highest BCUT2D eigenvalue weighted by Gasteiger charge is 2.35. The second-order valence-corrected chi connectivity index (χ2v) is 10.4. The van der Waals surface area contributed by atoms with Gasteiger partial charge in [0.1, 0.15) is 5.57 Å². The number of aromatic nitrogens is 1. The van der Waals surface area contributed by atoms with Gasteiger partial charge in [0.15, 0.2) is 5.11 Å². The Morgan fingerprint density at radius 1 is 0.791 bits per heavy atom. The molecule has 1 fully saturated rings. The lowest BCUT2D eigenvalue weighted by Crippen LogP contribution is -2.54. The van der Waals surface area contributed by atoms with Crippen LogP contribution in [0.1, 0.15) is 11.1 Å². The van der Waals surface area contributed by atoms with Gasteiger partial charge >= 0.3 is 0 Å². The van der Waals surface area contributed by atoms with Crippen LogP contribution < -0.4 is 10.2 Å². The third kappa shape index (κ3) is 5.25. The van der Waals surface area contributed by atoms with Gasteiger partial charge in [-0.1, -0.05) is 78.4 Å². The molecule has 210 valence electrons. The van der Waals surface area contributed by atoms with Gasteiger partial charge in [0, 0.05) is 23.4 Å². The van der Waals surface area contributed by atoms with E-state index >= 15 is 0 Å². The first-order chi connectivity index (χ1) is 20.8. The van der Waals surface area contributed by atoms with Crippen molar-refractivity contribution in [3.8, 4) is 28.2 Å². The highest BCUT2D eigenvalue weighted by atomic mass is 32.1. The molecule has 5 aromatic rings. The first-order valence-electron chi connectivity index (χ1n) is 13.4. The number of carbonyl (C=O) groups excluding carboxylic acids is 2. The second-order valence-electron chi connectivity index (χ2n) is 9.97. The third-order valence-electron chi connectivity index (χ3n) is 7.16. The molecule has 4 aromatic carbocycles. The number of hydrogen-bond acceptors (Lipinski definition) is 5. The lowest BCUT2D eigenvalue weighted by Gasteiger charge is -2.29. The molecule has 0 unspecified atom stereocenters. The van der Waals surface area contributed by atoms with Crippen LogP contribution >= 0.6 is 12.2 Å². The number of amides is 2. The minimum Gasteiger partial charge on any atom is -0.309 e. The predicted octanol–water partition coefficient (Wildman–Crippen LogP) is 6.86. The zero-order valence-electron chi connectivity index (χ0n) is 22.9. The van der Waals surface area contributed by atoms with E-state index in [9.17, 15) is 19.7 Å². The van der Waals surface area contributed by atoms with Gasteiger partial charge < -0.3 is 4.57 Å². The summed E-state index contributed by atoms with van der Waals surface area (Å²) in [6.45, 7) is 1.94. The summed E-state index contributed by atoms with van der Waals surface area (Å²) in [5.74, 6) is -1.14. The molecule has 9 heteroatoms. The standard InChI is InChI=1S/C34H24N4O4S/c1-22-12-14-27(15-13-22)37-33(40)29(32(39)35-34(37)43)20-25-21-30(23-8-4-2-5-9-23)36(31(25)24-10-6-3-7-11-24)26-16-18-28(19-17-26)38(41)42/h2-21H,1H3,(H,35,39,43)/b29-20-. The first kappa shape index (κ1) is 27.5. The van der Waals surface area contributed by atoms with Crippen LogP contribution in [0.25, 0.3) is 34.3 Å². The lowest BCUT2D eigenvalue weighted by atomic mass is 10.0. The molecule has 1 aliphatic heterocycles. The Labute approximate surface area is 252 Å². The molecule has 0 bridgehead atoms. The summed E-state index contributed by atoms with van der Waals surface area (Å²) in [4.78, 5) is 39.4. The smallest absolute Gasteiger partial charge is 0.270 e. The van der Waals surface area contributed by atoms with Crippen LogP contribution in [0.3, 0.4) is 0 Å². The van der Waals surface area contributed by atoms with Crippen molar-refractivity contribution >= 4 is 46.6 Å². The number of nitrogens with zero attached hydrogens (tertiary/aromatic N) is 3. The topological polar surface area (TPSA) is 97.5 Å². The molecule has 1 aliphatic rings. The number of anilines is 1. The molecule has 0 spiro atoms. The highest BCUT2D eigenvalue weighted by molar-refractivity contribution is 7.80.